The average molecular weight is 324 g/mol. The lowest BCUT2D eigenvalue weighted by Gasteiger charge is -2.09. The number of esters is 1. The standard InChI is InChI=1S/C15H14ClNO3S/c1-15(14-17-7-12(21-14)13(19)20-2)6-10(15)9-4-3-8(18)5-11(9)16/h3-5,7,10,18H,6H2,1-2H3. The summed E-state index contributed by atoms with van der Waals surface area (Å²) < 4.78 is 4.71. The number of benzene rings is 1. The minimum Gasteiger partial charge on any atom is -0.508 e. The van der Waals surface area contributed by atoms with E-state index in [1.807, 2.05) is 6.07 Å². The van der Waals surface area contributed by atoms with Crippen molar-refractivity contribution in [2.45, 2.75) is 24.7 Å². The smallest absolute Gasteiger partial charge is 0.349 e. The van der Waals surface area contributed by atoms with Crippen molar-refractivity contribution in [3.63, 3.8) is 0 Å². The Bertz CT molecular complexity index is 715. The number of carbonyl (C=O) groups excluding carboxylic acids is 1. The summed E-state index contributed by atoms with van der Waals surface area (Å²) >= 11 is 7.57. The highest BCUT2D eigenvalue weighted by Gasteiger charge is 2.54. The number of methoxy groups -OCH3 is 1. The van der Waals surface area contributed by atoms with Crippen molar-refractivity contribution in [3.05, 3.63) is 44.9 Å². The fourth-order valence-corrected chi connectivity index (χ4v) is 3.94. The van der Waals surface area contributed by atoms with Crippen LogP contribution in [0.5, 0.6) is 5.75 Å². The lowest BCUT2D eigenvalue weighted by atomic mass is 10.0. The predicted octanol–water partition coefficient (Wildman–Crippen LogP) is 3.73. The Balaban J connectivity index is 1.87. The molecule has 2 atom stereocenters. The van der Waals surface area contributed by atoms with Crippen LogP contribution in [0.3, 0.4) is 0 Å². The van der Waals surface area contributed by atoms with E-state index >= 15 is 0 Å². The van der Waals surface area contributed by atoms with E-state index in [0.29, 0.717) is 9.90 Å². The summed E-state index contributed by atoms with van der Waals surface area (Å²) in [6.45, 7) is 2.11. The van der Waals surface area contributed by atoms with Gasteiger partial charge in [0.1, 0.15) is 10.6 Å². The van der Waals surface area contributed by atoms with Gasteiger partial charge in [-0.3, -0.25) is 0 Å². The molecule has 0 bridgehead atoms. The van der Waals surface area contributed by atoms with E-state index in [0.717, 1.165) is 17.0 Å². The first-order valence-electron chi connectivity index (χ1n) is 6.49. The Kier molecular flexibility index (Phi) is 3.42. The van der Waals surface area contributed by atoms with E-state index in [1.165, 1.54) is 18.4 Å². The number of aromatic nitrogens is 1. The highest BCUT2D eigenvalue weighted by atomic mass is 35.5. The number of rotatable bonds is 3. The molecule has 2 unspecified atom stereocenters. The molecule has 3 rings (SSSR count). The number of hydrogen-bond donors (Lipinski definition) is 1. The van der Waals surface area contributed by atoms with Gasteiger partial charge in [0, 0.05) is 10.4 Å². The summed E-state index contributed by atoms with van der Waals surface area (Å²) in [6.07, 6.45) is 2.48. The molecule has 1 aromatic heterocycles. The highest BCUT2D eigenvalue weighted by Crippen LogP contribution is 2.62. The zero-order chi connectivity index (χ0) is 15.2. The lowest BCUT2D eigenvalue weighted by Crippen LogP contribution is -2.03. The van der Waals surface area contributed by atoms with Crippen LogP contribution in [0.2, 0.25) is 5.02 Å². The molecule has 1 heterocycles. The van der Waals surface area contributed by atoms with E-state index in [9.17, 15) is 9.90 Å². The Labute approximate surface area is 131 Å². The first kappa shape index (κ1) is 14.4. The van der Waals surface area contributed by atoms with Crippen LogP contribution in [0.15, 0.2) is 24.4 Å². The van der Waals surface area contributed by atoms with Gasteiger partial charge in [0.15, 0.2) is 0 Å². The van der Waals surface area contributed by atoms with Gasteiger partial charge in [-0.05, 0) is 30.0 Å². The number of hydrogen-bond acceptors (Lipinski definition) is 5. The van der Waals surface area contributed by atoms with Gasteiger partial charge in [-0.25, -0.2) is 9.78 Å². The molecule has 0 amide bonds. The maximum absolute atomic E-state index is 11.5. The molecule has 6 heteroatoms. The number of phenolic OH excluding ortho intramolecular Hbond substituents is 1. The van der Waals surface area contributed by atoms with Crippen molar-refractivity contribution >= 4 is 28.9 Å². The second kappa shape index (κ2) is 5.00. The number of nitrogens with zero attached hydrogens (tertiary/aromatic N) is 1. The predicted molar refractivity (Wildman–Crippen MR) is 81.3 cm³/mol. The minimum absolute atomic E-state index is 0.114. The van der Waals surface area contributed by atoms with Crippen LogP contribution >= 0.6 is 22.9 Å². The second-order valence-electron chi connectivity index (χ2n) is 5.40. The SMILES string of the molecule is COC(=O)c1cnc(C2(C)CC2c2ccc(O)cc2Cl)s1. The fraction of sp³-hybridized carbons (Fsp3) is 0.333. The molecule has 0 saturated heterocycles. The molecule has 0 spiro atoms. The molecule has 1 aromatic carbocycles. The van der Waals surface area contributed by atoms with Gasteiger partial charge in [-0.15, -0.1) is 11.3 Å². The van der Waals surface area contributed by atoms with E-state index in [1.54, 1.807) is 18.3 Å². The molecule has 1 aliphatic rings. The van der Waals surface area contributed by atoms with Crippen LogP contribution in [-0.4, -0.2) is 23.2 Å². The normalized spacial score (nSPS) is 23.9. The van der Waals surface area contributed by atoms with E-state index in [2.05, 4.69) is 11.9 Å². The van der Waals surface area contributed by atoms with Gasteiger partial charge in [0.2, 0.25) is 0 Å². The van der Waals surface area contributed by atoms with Gasteiger partial charge in [-0.2, -0.15) is 0 Å². The molecular weight excluding hydrogens is 310 g/mol. The molecule has 1 aliphatic carbocycles. The Morgan fingerprint density at radius 1 is 1.57 bits per heavy atom. The lowest BCUT2D eigenvalue weighted by molar-refractivity contribution is 0.0606. The van der Waals surface area contributed by atoms with Crippen LogP contribution in [-0.2, 0) is 10.2 Å². The van der Waals surface area contributed by atoms with Crippen LogP contribution < -0.4 is 0 Å². The van der Waals surface area contributed by atoms with Crippen molar-refractivity contribution in [2.24, 2.45) is 0 Å². The van der Waals surface area contributed by atoms with Crippen LogP contribution in [0.25, 0.3) is 0 Å². The molecule has 0 radical (unpaired) electrons. The van der Waals surface area contributed by atoms with Gasteiger partial charge < -0.3 is 9.84 Å². The van der Waals surface area contributed by atoms with E-state index in [4.69, 9.17) is 16.3 Å². The van der Waals surface area contributed by atoms with E-state index in [-0.39, 0.29) is 23.1 Å². The zero-order valence-corrected chi connectivity index (χ0v) is 13.2. The molecule has 1 fully saturated rings. The minimum atomic E-state index is -0.359. The Hall–Kier alpha value is -1.59. The molecule has 1 N–H and O–H groups in total. The van der Waals surface area contributed by atoms with Crippen molar-refractivity contribution in [1.82, 2.24) is 4.98 Å². The Morgan fingerprint density at radius 2 is 2.33 bits per heavy atom. The van der Waals surface area contributed by atoms with Crippen LogP contribution in [0, 0.1) is 0 Å². The van der Waals surface area contributed by atoms with Gasteiger partial charge in [0.25, 0.3) is 0 Å². The first-order valence-corrected chi connectivity index (χ1v) is 7.68. The third-order valence-electron chi connectivity index (χ3n) is 3.98. The topological polar surface area (TPSA) is 59.4 Å². The Morgan fingerprint density at radius 3 is 3.00 bits per heavy atom. The van der Waals surface area contributed by atoms with Crippen molar-refractivity contribution < 1.29 is 14.6 Å². The van der Waals surface area contributed by atoms with Crippen molar-refractivity contribution in [1.29, 1.82) is 0 Å². The summed E-state index contributed by atoms with van der Waals surface area (Å²) in [5, 5.41) is 10.9. The highest BCUT2D eigenvalue weighted by molar-refractivity contribution is 7.13. The maximum atomic E-state index is 11.5. The van der Waals surface area contributed by atoms with Crippen LogP contribution in [0.4, 0.5) is 0 Å². The summed E-state index contributed by atoms with van der Waals surface area (Å²) in [7, 11) is 1.36. The summed E-state index contributed by atoms with van der Waals surface area (Å²) in [5.41, 5.74) is 0.893. The van der Waals surface area contributed by atoms with Crippen molar-refractivity contribution in [2.75, 3.05) is 7.11 Å². The van der Waals surface area contributed by atoms with Crippen LogP contribution in [0.1, 0.15) is 39.5 Å². The number of halogens is 1. The van der Waals surface area contributed by atoms with Gasteiger partial charge in [0.05, 0.1) is 18.3 Å². The largest absolute Gasteiger partial charge is 0.508 e. The average Bonchev–Trinajstić information content (AvgIpc) is 2.90. The second-order valence-corrected chi connectivity index (χ2v) is 6.84. The molecule has 21 heavy (non-hydrogen) atoms. The first-order chi connectivity index (χ1) is 9.95. The molecule has 0 aliphatic heterocycles. The van der Waals surface area contributed by atoms with Gasteiger partial charge >= 0.3 is 5.97 Å². The molecular formula is C15H14ClNO3S. The number of thiazole rings is 1. The van der Waals surface area contributed by atoms with Gasteiger partial charge in [-0.1, -0.05) is 24.6 Å². The summed E-state index contributed by atoms with van der Waals surface area (Å²) in [6, 6.07) is 5.04. The molecule has 2 aromatic rings. The fourth-order valence-electron chi connectivity index (χ4n) is 2.59. The summed E-state index contributed by atoms with van der Waals surface area (Å²) in [4.78, 5) is 16.4. The third-order valence-corrected chi connectivity index (χ3v) is 5.56. The molecule has 110 valence electrons. The molecule has 4 nitrogen and oxygen atoms in total. The number of carbonyl (C=O) groups is 1. The number of ether oxygens (including phenoxy) is 1. The quantitative estimate of drug-likeness (QED) is 0.874. The summed E-state index contributed by atoms with van der Waals surface area (Å²) in [5.74, 6) is 0.0535. The number of phenols is 1. The number of aromatic hydroxyl groups is 1. The molecule has 1 saturated carbocycles. The van der Waals surface area contributed by atoms with Crippen molar-refractivity contribution in [3.8, 4) is 5.75 Å². The monoisotopic (exact) mass is 323 g/mol. The third kappa shape index (κ3) is 2.40. The maximum Gasteiger partial charge on any atom is 0.349 e. The van der Waals surface area contributed by atoms with E-state index < -0.39 is 0 Å². The zero-order valence-electron chi connectivity index (χ0n) is 11.6.